The van der Waals surface area contributed by atoms with Gasteiger partial charge in [0.15, 0.2) is 0 Å². The van der Waals surface area contributed by atoms with E-state index in [0.29, 0.717) is 30.6 Å². The highest BCUT2D eigenvalue weighted by molar-refractivity contribution is 5.98. The molecule has 0 radical (unpaired) electrons. The molecule has 1 fully saturated rings. The second-order valence-corrected chi connectivity index (χ2v) is 5.33. The minimum absolute atomic E-state index is 0.0250. The summed E-state index contributed by atoms with van der Waals surface area (Å²) in [6.07, 6.45) is 4.48. The zero-order valence-electron chi connectivity index (χ0n) is 12.0. The molecule has 0 bridgehead atoms. The molecule has 1 atom stereocenters. The average Bonchev–Trinajstić information content (AvgIpc) is 2.54. The quantitative estimate of drug-likeness (QED) is 0.846. The molecule has 2 heterocycles. The van der Waals surface area contributed by atoms with Crippen LogP contribution in [0.2, 0.25) is 0 Å². The van der Waals surface area contributed by atoms with E-state index < -0.39 is 0 Å². The van der Waals surface area contributed by atoms with Crippen molar-refractivity contribution in [3.05, 3.63) is 36.2 Å². The van der Waals surface area contributed by atoms with E-state index in [1.165, 1.54) is 0 Å². The van der Waals surface area contributed by atoms with Gasteiger partial charge in [-0.25, -0.2) is 0 Å². The van der Waals surface area contributed by atoms with Crippen molar-refractivity contribution in [1.29, 1.82) is 0 Å². The summed E-state index contributed by atoms with van der Waals surface area (Å²) in [6.45, 7) is 3.02. The zero-order chi connectivity index (χ0) is 14.8. The molecular weight excluding hydrogens is 266 g/mol. The fourth-order valence-corrected chi connectivity index (χ4v) is 2.73. The van der Waals surface area contributed by atoms with Gasteiger partial charge in [-0.3, -0.25) is 19.6 Å². The third-order valence-electron chi connectivity index (χ3n) is 4.02. The Bertz CT molecular complexity index is 699. The number of carbonyl (C=O) groups excluding carboxylic acids is 2. The highest BCUT2D eigenvalue weighted by Crippen LogP contribution is 2.19. The van der Waals surface area contributed by atoms with Crippen molar-refractivity contribution in [3.63, 3.8) is 0 Å². The Morgan fingerprint density at radius 3 is 2.81 bits per heavy atom. The van der Waals surface area contributed by atoms with Gasteiger partial charge in [0.2, 0.25) is 0 Å². The number of ketones is 1. The van der Waals surface area contributed by atoms with Crippen LogP contribution >= 0.6 is 0 Å². The number of hydrogen-bond acceptors (Lipinski definition) is 4. The molecule has 1 aliphatic heterocycles. The van der Waals surface area contributed by atoms with Crippen molar-refractivity contribution in [2.75, 3.05) is 13.1 Å². The lowest BCUT2D eigenvalue weighted by molar-refractivity contribution is -0.125. The van der Waals surface area contributed by atoms with Crippen LogP contribution in [0.15, 0.2) is 30.6 Å². The number of nitrogens with zero attached hydrogens (tertiary/aromatic N) is 3. The number of aromatic nitrogens is 2. The molecular formula is C16H17N3O2. The molecule has 2 aromatic rings. The molecule has 1 aromatic heterocycles. The summed E-state index contributed by atoms with van der Waals surface area (Å²) in [5.74, 6) is 0.211. The van der Waals surface area contributed by atoms with Crippen molar-refractivity contribution in [2.24, 2.45) is 5.92 Å². The predicted molar refractivity (Wildman–Crippen MR) is 78.8 cm³/mol. The average molecular weight is 283 g/mol. The van der Waals surface area contributed by atoms with Crippen molar-refractivity contribution in [1.82, 2.24) is 14.9 Å². The molecule has 1 amide bonds. The van der Waals surface area contributed by atoms with Gasteiger partial charge in [-0.2, -0.15) is 0 Å². The van der Waals surface area contributed by atoms with E-state index in [1.807, 2.05) is 13.0 Å². The molecule has 0 aliphatic carbocycles. The molecule has 0 spiro atoms. The van der Waals surface area contributed by atoms with E-state index in [2.05, 4.69) is 9.97 Å². The molecule has 0 saturated carbocycles. The molecule has 1 aromatic carbocycles. The van der Waals surface area contributed by atoms with E-state index in [9.17, 15) is 9.59 Å². The van der Waals surface area contributed by atoms with E-state index in [4.69, 9.17) is 0 Å². The smallest absolute Gasteiger partial charge is 0.253 e. The number of Topliss-reactive ketones (excluding diaryl/α,β-unsaturated/α-hetero) is 1. The van der Waals surface area contributed by atoms with E-state index >= 15 is 0 Å². The van der Waals surface area contributed by atoms with Crippen LogP contribution in [0, 0.1) is 5.92 Å². The molecule has 0 N–H and O–H groups in total. The number of carbonyl (C=O) groups is 2. The minimum atomic E-state index is -0.0338. The molecule has 21 heavy (non-hydrogen) atoms. The summed E-state index contributed by atoms with van der Waals surface area (Å²) >= 11 is 0. The van der Waals surface area contributed by atoms with Crippen LogP contribution in [0.1, 0.15) is 30.1 Å². The Hall–Kier alpha value is -2.30. The Balaban J connectivity index is 1.84. The Labute approximate surface area is 123 Å². The highest BCUT2D eigenvalue weighted by Gasteiger charge is 2.29. The number of amides is 1. The summed E-state index contributed by atoms with van der Waals surface area (Å²) in [5.41, 5.74) is 2.09. The molecule has 1 unspecified atom stereocenters. The number of hydrogen-bond donors (Lipinski definition) is 0. The van der Waals surface area contributed by atoms with Crippen molar-refractivity contribution >= 4 is 22.7 Å². The lowest BCUT2D eigenvalue weighted by Crippen LogP contribution is -2.43. The van der Waals surface area contributed by atoms with Gasteiger partial charge in [0.05, 0.1) is 11.0 Å². The number of likely N-dealkylation sites (tertiary alicyclic amines) is 1. The summed E-state index contributed by atoms with van der Waals surface area (Å²) in [5, 5.41) is 0. The SMILES string of the molecule is CCC1CN(C(=O)c2ccc3nccnc3c2)CCC1=O. The van der Waals surface area contributed by atoms with Gasteiger partial charge < -0.3 is 4.90 Å². The Kier molecular flexibility index (Phi) is 3.64. The maximum atomic E-state index is 12.6. The zero-order valence-corrected chi connectivity index (χ0v) is 12.0. The summed E-state index contributed by atoms with van der Waals surface area (Å²) < 4.78 is 0. The Morgan fingerprint density at radius 1 is 1.29 bits per heavy atom. The standard InChI is InChI=1S/C16H17N3O2/c1-2-11-10-19(8-5-15(11)20)16(21)12-3-4-13-14(9-12)18-7-6-17-13/h3-4,6-7,9,11H,2,5,8,10H2,1H3. The second kappa shape index (κ2) is 5.60. The van der Waals surface area contributed by atoms with Crippen molar-refractivity contribution < 1.29 is 9.59 Å². The monoisotopic (exact) mass is 283 g/mol. The lowest BCUT2D eigenvalue weighted by atomic mass is 9.93. The number of fused-ring (bicyclic) bond motifs is 1. The van der Waals surface area contributed by atoms with Gasteiger partial charge in [-0.05, 0) is 24.6 Å². The first-order valence-electron chi connectivity index (χ1n) is 7.22. The molecule has 3 rings (SSSR count). The molecule has 5 heteroatoms. The number of rotatable bonds is 2. The van der Waals surface area contributed by atoms with E-state index in [-0.39, 0.29) is 17.6 Å². The van der Waals surface area contributed by atoms with Crippen LogP contribution < -0.4 is 0 Å². The van der Waals surface area contributed by atoms with E-state index in [0.717, 1.165) is 11.9 Å². The van der Waals surface area contributed by atoms with Crippen LogP contribution in [-0.4, -0.2) is 39.6 Å². The van der Waals surface area contributed by atoms with E-state index in [1.54, 1.807) is 29.4 Å². The first kappa shape index (κ1) is 13.7. The Morgan fingerprint density at radius 2 is 2.05 bits per heavy atom. The van der Waals surface area contributed by atoms with Crippen LogP contribution in [0.25, 0.3) is 11.0 Å². The van der Waals surface area contributed by atoms with Crippen molar-refractivity contribution in [3.8, 4) is 0 Å². The van der Waals surface area contributed by atoms with Gasteiger partial charge in [-0.1, -0.05) is 6.92 Å². The fourth-order valence-electron chi connectivity index (χ4n) is 2.73. The summed E-state index contributed by atoms with van der Waals surface area (Å²) in [6, 6.07) is 5.35. The topological polar surface area (TPSA) is 63.2 Å². The van der Waals surface area contributed by atoms with Crippen LogP contribution in [0.5, 0.6) is 0 Å². The van der Waals surface area contributed by atoms with Crippen molar-refractivity contribution in [2.45, 2.75) is 19.8 Å². The maximum absolute atomic E-state index is 12.6. The van der Waals surface area contributed by atoms with Crippen LogP contribution in [0.3, 0.4) is 0 Å². The normalized spacial score (nSPS) is 19.0. The van der Waals surface area contributed by atoms with Crippen LogP contribution in [-0.2, 0) is 4.79 Å². The second-order valence-electron chi connectivity index (χ2n) is 5.33. The van der Waals surface area contributed by atoms with Gasteiger partial charge in [-0.15, -0.1) is 0 Å². The molecule has 1 aliphatic rings. The lowest BCUT2D eigenvalue weighted by Gasteiger charge is -2.31. The van der Waals surface area contributed by atoms with Crippen LogP contribution in [0.4, 0.5) is 0 Å². The number of piperidine rings is 1. The highest BCUT2D eigenvalue weighted by atomic mass is 16.2. The minimum Gasteiger partial charge on any atom is -0.337 e. The first-order chi connectivity index (χ1) is 10.2. The fraction of sp³-hybridized carbons (Fsp3) is 0.375. The maximum Gasteiger partial charge on any atom is 0.253 e. The van der Waals surface area contributed by atoms with Gasteiger partial charge in [0.1, 0.15) is 5.78 Å². The molecule has 1 saturated heterocycles. The summed E-state index contributed by atoms with van der Waals surface area (Å²) in [7, 11) is 0. The predicted octanol–water partition coefficient (Wildman–Crippen LogP) is 2.07. The molecule has 5 nitrogen and oxygen atoms in total. The largest absolute Gasteiger partial charge is 0.337 e. The van der Waals surface area contributed by atoms with Gasteiger partial charge in [0.25, 0.3) is 5.91 Å². The third-order valence-corrected chi connectivity index (χ3v) is 4.02. The van der Waals surface area contributed by atoms with Gasteiger partial charge in [0, 0.05) is 43.4 Å². The van der Waals surface area contributed by atoms with Gasteiger partial charge >= 0.3 is 0 Å². The summed E-state index contributed by atoms with van der Waals surface area (Å²) in [4.78, 5) is 34.5. The first-order valence-corrected chi connectivity index (χ1v) is 7.22. The molecule has 108 valence electrons. The third kappa shape index (κ3) is 2.63. The number of benzene rings is 1.